The van der Waals surface area contributed by atoms with Crippen molar-refractivity contribution in [3.05, 3.63) is 71.5 Å². The second kappa shape index (κ2) is 10.3. The Bertz CT molecular complexity index is 1420. The number of carbonyl (C=O) groups is 3. The van der Waals surface area contributed by atoms with Gasteiger partial charge in [0.2, 0.25) is 0 Å². The van der Waals surface area contributed by atoms with Gasteiger partial charge >= 0.3 is 5.97 Å². The van der Waals surface area contributed by atoms with Gasteiger partial charge in [-0.2, -0.15) is 4.37 Å². The average molecular weight is 491 g/mol. The summed E-state index contributed by atoms with van der Waals surface area (Å²) >= 11 is 1.14. The van der Waals surface area contributed by atoms with Gasteiger partial charge in [0.25, 0.3) is 11.8 Å². The number of esters is 1. The van der Waals surface area contributed by atoms with Gasteiger partial charge in [0.1, 0.15) is 17.4 Å². The van der Waals surface area contributed by atoms with Crippen LogP contribution in [-0.4, -0.2) is 57.7 Å². The van der Waals surface area contributed by atoms with Crippen LogP contribution >= 0.6 is 11.5 Å². The molecule has 2 heterocycles. The molecular formula is C24H22N6O4S. The number of amides is 2. The molecule has 2 aromatic carbocycles. The highest BCUT2D eigenvalue weighted by atomic mass is 32.1. The van der Waals surface area contributed by atoms with E-state index in [0.29, 0.717) is 33.3 Å². The Morgan fingerprint density at radius 3 is 2.63 bits per heavy atom. The van der Waals surface area contributed by atoms with E-state index < -0.39 is 5.97 Å². The number of methoxy groups -OCH3 is 1. The molecule has 0 aliphatic rings. The lowest BCUT2D eigenvalue weighted by Crippen LogP contribution is -2.32. The molecule has 0 unspecified atom stereocenters. The Labute approximate surface area is 205 Å². The Morgan fingerprint density at radius 1 is 1.09 bits per heavy atom. The topological polar surface area (TPSA) is 126 Å². The van der Waals surface area contributed by atoms with Crippen molar-refractivity contribution in [2.45, 2.75) is 6.92 Å². The largest absolute Gasteiger partial charge is 0.468 e. The fourth-order valence-corrected chi connectivity index (χ4v) is 4.13. The normalized spacial score (nSPS) is 10.6. The van der Waals surface area contributed by atoms with Crippen molar-refractivity contribution in [2.24, 2.45) is 0 Å². The summed E-state index contributed by atoms with van der Waals surface area (Å²) in [5, 5.41) is 6.48. The lowest BCUT2D eigenvalue weighted by Gasteiger charge is -2.16. The van der Waals surface area contributed by atoms with Crippen molar-refractivity contribution in [1.82, 2.24) is 19.2 Å². The van der Waals surface area contributed by atoms with Crippen LogP contribution in [0.25, 0.3) is 11.0 Å². The van der Waals surface area contributed by atoms with Gasteiger partial charge in [0.15, 0.2) is 0 Å². The number of likely N-dealkylation sites (N-methyl/N-ethyl adjacent to an activating group) is 1. The van der Waals surface area contributed by atoms with E-state index in [4.69, 9.17) is 0 Å². The Hall–Kier alpha value is -4.38. The number of nitrogens with zero attached hydrogens (tertiary/aromatic N) is 4. The molecule has 11 heteroatoms. The molecule has 4 rings (SSSR count). The first-order valence-corrected chi connectivity index (χ1v) is 11.3. The average Bonchev–Trinajstić information content (AvgIpc) is 3.23. The molecule has 10 nitrogen and oxygen atoms in total. The first-order chi connectivity index (χ1) is 16.9. The zero-order chi connectivity index (χ0) is 24.9. The SMILES string of the molecule is COC(=O)CN(C)C(=O)c1cccc(NC(=O)c2c(C)nsc2Nc2cnc3ccccc3n2)c1. The number of fused-ring (bicyclic) bond motifs is 1. The van der Waals surface area contributed by atoms with Crippen LogP contribution in [0.4, 0.5) is 16.5 Å². The fraction of sp³-hybridized carbons (Fsp3) is 0.167. The molecule has 0 aliphatic heterocycles. The predicted octanol–water partition coefficient (Wildman–Crippen LogP) is 3.64. The van der Waals surface area contributed by atoms with E-state index >= 15 is 0 Å². The minimum absolute atomic E-state index is 0.182. The number of hydrogen-bond acceptors (Lipinski definition) is 9. The Kier molecular flexibility index (Phi) is 6.97. The van der Waals surface area contributed by atoms with E-state index in [1.54, 1.807) is 37.4 Å². The minimum Gasteiger partial charge on any atom is -0.468 e. The number of benzene rings is 2. The van der Waals surface area contributed by atoms with E-state index in [1.165, 1.54) is 19.1 Å². The molecule has 0 bridgehead atoms. The van der Waals surface area contributed by atoms with Crippen LogP contribution in [0, 0.1) is 6.92 Å². The number of carbonyl (C=O) groups excluding carboxylic acids is 3. The Morgan fingerprint density at radius 2 is 1.86 bits per heavy atom. The second-order valence-electron chi connectivity index (χ2n) is 7.61. The highest BCUT2D eigenvalue weighted by molar-refractivity contribution is 7.10. The molecule has 35 heavy (non-hydrogen) atoms. The van der Waals surface area contributed by atoms with Crippen LogP contribution in [0.5, 0.6) is 0 Å². The molecule has 0 saturated heterocycles. The summed E-state index contributed by atoms with van der Waals surface area (Å²) < 4.78 is 8.91. The molecule has 0 aliphatic carbocycles. The standard InChI is InChI=1S/C24H22N6O4S/c1-14-21(23(35-29-14)28-19-12-25-17-9-4-5-10-18(17)27-19)22(32)26-16-8-6-7-15(11-16)24(33)30(2)13-20(31)34-3/h4-12H,13H2,1-3H3,(H,26,32)(H,27,28). The van der Waals surface area contributed by atoms with Crippen LogP contribution in [0.15, 0.2) is 54.7 Å². The molecule has 4 aromatic rings. The third kappa shape index (κ3) is 5.41. The van der Waals surface area contributed by atoms with Gasteiger partial charge in [0, 0.05) is 18.3 Å². The van der Waals surface area contributed by atoms with Gasteiger partial charge < -0.3 is 20.3 Å². The number of rotatable bonds is 7. The van der Waals surface area contributed by atoms with E-state index in [0.717, 1.165) is 22.6 Å². The van der Waals surface area contributed by atoms with Crippen LogP contribution < -0.4 is 10.6 Å². The molecular weight excluding hydrogens is 468 g/mol. The van der Waals surface area contributed by atoms with Crippen LogP contribution in [0.2, 0.25) is 0 Å². The lowest BCUT2D eigenvalue weighted by molar-refractivity contribution is -0.141. The van der Waals surface area contributed by atoms with Gasteiger partial charge in [-0.25, -0.2) is 4.98 Å². The van der Waals surface area contributed by atoms with E-state index in [-0.39, 0.29) is 18.4 Å². The minimum atomic E-state index is -0.526. The van der Waals surface area contributed by atoms with E-state index in [2.05, 4.69) is 29.7 Å². The smallest absolute Gasteiger partial charge is 0.325 e. The molecule has 0 atom stereocenters. The van der Waals surface area contributed by atoms with Crippen LogP contribution in [0.3, 0.4) is 0 Å². The first-order valence-electron chi connectivity index (χ1n) is 10.5. The van der Waals surface area contributed by atoms with E-state index in [1.807, 2.05) is 24.3 Å². The molecule has 178 valence electrons. The maximum Gasteiger partial charge on any atom is 0.325 e. The van der Waals surface area contributed by atoms with Gasteiger partial charge in [-0.1, -0.05) is 18.2 Å². The van der Waals surface area contributed by atoms with Gasteiger partial charge in [0.05, 0.1) is 35.6 Å². The van der Waals surface area contributed by atoms with Crippen LogP contribution in [-0.2, 0) is 9.53 Å². The molecule has 0 spiro atoms. The van der Waals surface area contributed by atoms with Crippen molar-refractivity contribution in [2.75, 3.05) is 31.3 Å². The molecule has 0 saturated carbocycles. The zero-order valence-corrected chi connectivity index (χ0v) is 20.0. The maximum atomic E-state index is 13.1. The van der Waals surface area contributed by atoms with Gasteiger partial charge in [-0.15, -0.1) is 0 Å². The van der Waals surface area contributed by atoms with Crippen molar-refractivity contribution in [3.63, 3.8) is 0 Å². The quantitative estimate of drug-likeness (QED) is 0.376. The number of anilines is 3. The number of hydrogen-bond donors (Lipinski definition) is 2. The molecule has 2 aromatic heterocycles. The summed E-state index contributed by atoms with van der Waals surface area (Å²) in [5.41, 5.74) is 3.15. The summed E-state index contributed by atoms with van der Waals surface area (Å²) in [6.45, 7) is 1.56. The fourth-order valence-electron chi connectivity index (χ4n) is 3.33. The van der Waals surface area contributed by atoms with E-state index in [9.17, 15) is 14.4 Å². The lowest BCUT2D eigenvalue weighted by atomic mass is 10.1. The van der Waals surface area contributed by atoms with Crippen molar-refractivity contribution in [3.8, 4) is 0 Å². The monoisotopic (exact) mass is 490 g/mol. The first kappa shape index (κ1) is 23.8. The van der Waals surface area contributed by atoms with Crippen molar-refractivity contribution in [1.29, 1.82) is 0 Å². The van der Waals surface area contributed by atoms with Crippen molar-refractivity contribution >= 4 is 56.9 Å². The third-order valence-electron chi connectivity index (χ3n) is 5.09. The predicted molar refractivity (Wildman–Crippen MR) is 133 cm³/mol. The van der Waals surface area contributed by atoms with Crippen LogP contribution in [0.1, 0.15) is 26.4 Å². The highest BCUT2D eigenvalue weighted by Gasteiger charge is 2.21. The zero-order valence-electron chi connectivity index (χ0n) is 19.2. The second-order valence-corrected chi connectivity index (χ2v) is 8.39. The number of nitrogens with one attached hydrogen (secondary N) is 2. The number of aromatic nitrogens is 3. The molecule has 0 radical (unpaired) electrons. The summed E-state index contributed by atoms with van der Waals surface area (Å²) in [5.74, 6) is -0.804. The molecule has 2 amide bonds. The Balaban J connectivity index is 1.52. The third-order valence-corrected chi connectivity index (χ3v) is 5.94. The molecule has 0 fully saturated rings. The van der Waals surface area contributed by atoms with Gasteiger partial charge in [-0.05, 0) is 48.8 Å². The maximum absolute atomic E-state index is 13.1. The number of aryl methyl sites for hydroxylation is 1. The number of para-hydroxylation sites is 2. The highest BCUT2D eigenvalue weighted by Crippen LogP contribution is 2.28. The molecule has 2 N–H and O–H groups in total. The summed E-state index contributed by atoms with van der Waals surface area (Å²) in [7, 11) is 2.76. The summed E-state index contributed by atoms with van der Waals surface area (Å²) in [4.78, 5) is 47.4. The summed E-state index contributed by atoms with van der Waals surface area (Å²) in [6.07, 6.45) is 1.60. The van der Waals surface area contributed by atoms with Crippen molar-refractivity contribution < 1.29 is 19.1 Å². The summed E-state index contributed by atoms with van der Waals surface area (Å²) in [6, 6.07) is 14.0. The number of ether oxygens (including phenoxy) is 1. The van der Waals surface area contributed by atoms with Gasteiger partial charge in [-0.3, -0.25) is 19.4 Å².